The second-order valence-corrected chi connectivity index (χ2v) is 12.4. The molecule has 3 fully saturated rings. The minimum atomic E-state index is 0.484. The van der Waals surface area contributed by atoms with E-state index in [2.05, 4.69) is 52.7 Å². The first-order valence-electron chi connectivity index (χ1n) is 15.2. The van der Waals surface area contributed by atoms with E-state index in [0.717, 1.165) is 37.3 Å². The second-order valence-electron chi connectivity index (χ2n) is 12.4. The number of rotatable bonds is 7. The van der Waals surface area contributed by atoms with Gasteiger partial charge in [0.15, 0.2) is 0 Å². The topological polar surface area (TPSA) is 61.8 Å². The van der Waals surface area contributed by atoms with Gasteiger partial charge >= 0.3 is 0 Å². The standard InChI is InChI=1S/C29H47N3.C2H6.CH4O/c1-7-14-29(9-3)26-13-16-28(6)24(21(4)19-32-20-22(17-30)18-31-32)10-11-25(28)23(26)12-15-27(29,5)8-2;2*1-2/h18,20-21,23-26H,7-16,19H2,1-6H3;1-2H3;2H,1H3. The van der Waals surface area contributed by atoms with E-state index < -0.39 is 0 Å². The van der Waals surface area contributed by atoms with Crippen LogP contribution in [0.2, 0.25) is 0 Å². The molecular formula is C32H57N3O. The molecule has 4 rings (SSSR count). The SMILES string of the molecule is CC.CCCC1(CC)C2CCC3(C)C(C(C)Cn4cc(C#N)cn4)CCC3C2CCC1(C)CC.CO. The van der Waals surface area contributed by atoms with Crippen LogP contribution in [0.3, 0.4) is 0 Å². The number of nitriles is 1. The van der Waals surface area contributed by atoms with Gasteiger partial charge in [0.05, 0.1) is 11.8 Å². The van der Waals surface area contributed by atoms with Crippen molar-refractivity contribution in [3.63, 3.8) is 0 Å². The molecule has 3 saturated carbocycles. The average molecular weight is 500 g/mol. The number of hydrogen-bond acceptors (Lipinski definition) is 3. The lowest BCUT2D eigenvalue weighted by molar-refractivity contribution is -0.152. The fourth-order valence-corrected chi connectivity index (χ4v) is 9.80. The van der Waals surface area contributed by atoms with Gasteiger partial charge in [0.1, 0.15) is 6.07 Å². The molecule has 206 valence electrons. The summed E-state index contributed by atoms with van der Waals surface area (Å²) in [6.07, 6.45) is 17.7. The van der Waals surface area contributed by atoms with Crippen molar-refractivity contribution in [1.29, 1.82) is 5.26 Å². The molecule has 0 spiro atoms. The van der Waals surface area contributed by atoms with Crippen LogP contribution in [0, 0.1) is 57.2 Å². The molecule has 8 atom stereocenters. The number of fused-ring (bicyclic) bond motifs is 3. The second kappa shape index (κ2) is 12.9. The summed E-state index contributed by atoms with van der Waals surface area (Å²) in [4.78, 5) is 0. The monoisotopic (exact) mass is 499 g/mol. The van der Waals surface area contributed by atoms with Crippen LogP contribution < -0.4 is 0 Å². The Labute approximate surface area is 223 Å². The maximum absolute atomic E-state index is 9.15. The van der Waals surface area contributed by atoms with Crippen molar-refractivity contribution in [2.45, 2.75) is 126 Å². The van der Waals surface area contributed by atoms with Crippen molar-refractivity contribution in [2.75, 3.05) is 7.11 Å². The summed E-state index contributed by atoms with van der Waals surface area (Å²) in [6, 6.07) is 2.23. The highest BCUT2D eigenvalue weighted by molar-refractivity contribution is 5.21. The van der Waals surface area contributed by atoms with Crippen LogP contribution in [0.5, 0.6) is 0 Å². The van der Waals surface area contributed by atoms with Gasteiger partial charge in [-0.15, -0.1) is 0 Å². The normalized spacial score (nSPS) is 37.8. The summed E-state index contributed by atoms with van der Waals surface area (Å²) in [5.74, 6) is 4.17. The largest absolute Gasteiger partial charge is 0.400 e. The van der Waals surface area contributed by atoms with E-state index >= 15 is 0 Å². The summed E-state index contributed by atoms with van der Waals surface area (Å²) in [7, 11) is 1.00. The Balaban J connectivity index is 0.00000109. The first-order chi connectivity index (χ1) is 17.3. The number of nitrogens with zero attached hydrogens (tertiary/aromatic N) is 3. The molecule has 0 aromatic carbocycles. The van der Waals surface area contributed by atoms with Crippen molar-refractivity contribution >= 4 is 0 Å². The Hall–Kier alpha value is -1.34. The lowest BCUT2D eigenvalue weighted by atomic mass is 9.40. The number of hydrogen-bond donors (Lipinski definition) is 1. The zero-order valence-corrected chi connectivity index (χ0v) is 25.1. The van der Waals surface area contributed by atoms with E-state index in [1.54, 1.807) is 6.20 Å². The molecule has 1 aromatic rings. The van der Waals surface area contributed by atoms with Gasteiger partial charge in [0.2, 0.25) is 0 Å². The van der Waals surface area contributed by atoms with E-state index in [0.29, 0.717) is 27.7 Å². The van der Waals surface area contributed by atoms with Gasteiger partial charge in [-0.05, 0) is 97.2 Å². The molecule has 0 amide bonds. The molecule has 4 heteroatoms. The maximum Gasteiger partial charge on any atom is 0.102 e. The summed E-state index contributed by atoms with van der Waals surface area (Å²) >= 11 is 0. The van der Waals surface area contributed by atoms with E-state index in [1.807, 2.05) is 24.7 Å². The van der Waals surface area contributed by atoms with E-state index in [-0.39, 0.29) is 0 Å². The maximum atomic E-state index is 9.15. The Morgan fingerprint density at radius 1 is 1.06 bits per heavy atom. The van der Waals surface area contributed by atoms with Gasteiger partial charge in [0.25, 0.3) is 0 Å². The third-order valence-electron chi connectivity index (χ3n) is 11.5. The molecule has 0 bridgehead atoms. The molecule has 8 unspecified atom stereocenters. The van der Waals surface area contributed by atoms with Crippen LogP contribution in [0.25, 0.3) is 0 Å². The minimum Gasteiger partial charge on any atom is -0.400 e. The van der Waals surface area contributed by atoms with E-state index in [1.165, 1.54) is 64.2 Å². The smallest absolute Gasteiger partial charge is 0.102 e. The minimum absolute atomic E-state index is 0.484. The Bertz CT molecular complexity index is 843. The lowest BCUT2D eigenvalue weighted by Gasteiger charge is -2.64. The van der Waals surface area contributed by atoms with Crippen LogP contribution in [-0.2, 0) is 6.54 Å². The summed E-state index contributed by atoms with van der Waals surface area (Å²) < 4.78 is 2.02. The summed E-state index contributed by atoms with van der Waals surface area (Å²) in [6.45, 7) is 20.1. The Kier molecular flexibility index (Phi) is 11.1. The van der Waals surface area contributed by atoms with Crippen LogP contribution >= 0.6 is 0 Å². The highest BCUT2D eigenvalue weighted by atomic mass is 16.2. The lowest BCUT2D eigenvalue weighted by Crippen LogP contribution is -2.56. The molecule has 3 aliphatic rings. The van der Waals surface area contributed by atoms with Gasteiger partial charge in [-0.3, -0.25) is 4.68 Å². The van der Waals surface area contributed by atoms with Crippen LogP contribution in [0.4, 0.5) is 0 Å². The molecule has 0 aliphatic heterocycles. The zero-order chi connectivity index (χ0) is 27.1. The number of aromatic nitrogens is 2. The molecule has 4 nitrogen and oxygen atoms in total. The van der Waals surface area contributed by atoms with E-state index in [4.69, 9.17) is 10.4 Å². The molecule has 36 heavy (non-hydrogen) atoms. The van der Waals surface area contributed by atoms with Crippen LogP contribution in [0.15, 0.2) is 12.4 Å². The molecule has 0 radical (unpaired) electrons. The fraction of sp³-hybridized carbons (Fsp3) is 0.875. The van der Waals surface area contributed by atoms with Crippen molar-refractivity contribution < 1.29 is 5.11 Å². The fourth-order valence-electron chi connectivity index (χ4n) is 9.80. The molecule has 0 saturated heterocycles. The first-order valence-corrected chi connectivity index (χ1v) is 15.2. The van der Waals surface area contributed by atoms with Gasteiger partial charge in [0, 0.05) is 19.9 Å². The zero-order valence-electron chi connectivity index (χ0n) is 25.1. The predicted molar refractivity (Wildman–Crippen MR) is 151 cm³/mol. The van der Waals surface area contributed by atoms with Crippen molar-refractivity contribution in [3.05, 3.63) is 18.0 Å². The van der Waals surface area contributed by atoms with Gasteiger partial charge in [-0.1, -0.05) is 68.2 Å². The predicted octanol–water partition coefficient (Wildman–Crippen LogP) is 8.49. The molecule has 1 N–H and O–H groups in total. The third-order valence-corrected chi connectivity index (χ3v) is 11.5. The Morgan fingerprint density at radius 2 is 1.75 bits per heavy atom. The molecule has 1 heterocycles. The summed E-state index contributed by atoms with van der Waals surface area (Å²) in [5.41, 5.74) is 2.24. The van der Waals surface area contributed by atoms with Crippen molar-refractivity contribution in [3.8, 4) is 6.07 Å². The first kappa shape index (κ1) is 30.9. The number of aliphatic hydroxyl groups excluding tert-OH is 1. The summed E-state index contributed by atoms with van der Waals surface area (Å²) in [5, 5.41) is 20.6. The molecule has 3 aliphatic carbocycles. The molecule has 1 aromatic heterocycles. The number of aliphatic hydroxyl groups is 1. The highest BCUT2D eigenvalue weighted by Gasteiger charge is 2.62. The van der Waals surface area contributed by atoms with Crippen molar-refractivity contribution in [1.82, 2.24) is 9.78 Å². The third kappa shape index (κ3) is 5.16. The van der Waals surface area contributed by atoms with Gasteiger partial charge in [-0.2, -0.15) is 10.4 Å². The Morgan fingerprint density at radius 3 is 2.31 bits per heavy atom. The van der Waals surface area contributed by atoms with Crippen molar-refractivity contribution in [2.24, 2.45) is 45.8 Å². The van der Waals surface area contributed by atoms with Crippen LogP contribution in [0.1, 0.15) is 125 Å². The quantitative estimate of drug-likeness (QED) is 0.409. The van der Waals surface area contributed by atoms with Gasteiger partial charge in [-0.25, -0.2) is 0 Å². The van der Waals surface area contributed by atoms with Gasteiger partial charge < -0.3 is 5.11 Å². The molecular weight excluding hydrogens is 442 g/mol. The average Bonchev–Trinajstić information content (AvgIpc) is 3.51. The highest BCUT2D eigenvalue weighted by Crippen LogP contribution is 2.70. The van der Waals surface area contributed by atoms with Crippen LogP contribution in [-0.4, -0.2) is 22.0 Å². The van der Waals surface area contributed by atoms with E-state index in [9.17, 15) is 0 Å².